The molecule has 148 valence electrons. The molecule has 2 aromatic carbocycles. The first-order chi connectivity index (χ1) is 14.2. The summed E-state index contributed by atoms with van der Waals surface area (Å²) < 4.78 is 0. The van der Waals surface area contributed by atoms with Crippen LogP contribution in [0.5, 0.6) is 0 Å². The van der Waals surface area contributed by atoms with Gasteiger partial charge in [-0.2, -0.15) is 0 Å². The van der Waals surface area contributed by atoms with Crippen LogP contribution < -0.4 is 11.1 Å². The van der Waals surface area contributed by atoms with Crippen molar-refractivity contribution in [3.05, 3.63) is 89.2 Å². The van der Waals surface area contributed by atoms with Crippen LogP contribution in [-0.4, -0.2) is 18.9 Å². The third-order valence-electron chi connectivity index (χ3n) is 5.84. The van der Waals surface area contributed by atoms with E-state index in [9.17, 15) is 4.79 Å². The van der Waals surface area contributed by atoms with Gasteiger partial charge in [-0.25, -0.2) is 0 Å². The summed E-state index contributed by atoms with van der Waals surface area (Å²) in [7, 11) is 0. The number of aryl methyl sites for hydroxylation is 1. The van der Waals surface area contributed by atoms with Gasteiger partial charge in [0.15, 0.2) is 5.78 Å². The molecule has 29 heavy (non-hydrogen) atoms. The van der Waals surface area contributed by atoms with E-state index >= 15 is 0 Å². The van der Waals surface area contributed by atoms with Crippen molar-refractivity contribution in [2.45, 2.75) is 26.2 Å². The number of nitrogens with two attached hydrogens (primary N) is 1. The van der Waals surface area contributed by atoms with Crippen LogP contribution in [-0.2, 0) is 24.1 Å². The standard InChI is InChI=1S/C20H21N.C6H7NO/c1-13-10-15(12-21)17-8-9-18-16-5-3-2-4-14(16)6-7-19(18)20(17)11-13;8-6-3-1-2-4-7-5-6/h2-5,8-10,13H,6-7,11-12,21H2,1H3;1-4,7H,5H2. The van der Waals surface area contributed by atoms with Crippen molar-refractivity contribution < 1.29 is 4.79 Å². The summed E-state index contributed by atoms with van der Waals surface area (Å²) in [6, 6.07) is 13.4. The zero-order valence-electron chi connectivity index (χ0n) is 16.9. The first kappa shape index (κ1) is 19.4. The van der Waals surface area contributed by atoms with Crippen molar-refractivity contribution in [1.29, 1.82) is 0 Å². The van der Waals surface area contributed by atoms with Crippen LogP contribution in [0.15, 0.2) is 66.9 Å². The topological polar surface area (TPSA) is 55.1 Å². The van der Waals surface area contributed by atoms with Gasteiger partial charge in [-0.1, -0.05) is 55.5 Å². The maximum atomic E-state index is 10.5. The quantitative estimate of drug-likeness (QED) is 0.774. The highest BCUT2D eigenvalue weighted by molar-refractivity contribution is 5.92. The zero-order chi connectivity index (χ0) is 20.2. The van der Waals surface area contributed by atoms with E-state index in [-0.39, 0.29) is 5.78 Å². The molecule has 1 heterocycles. The van der Waals surface area contributed by atoms with Crippen molar-refractivity contribution in [3.63, 3.8) is 0 Å². The molecule has 1 aliphatic heterocycles. The Labute approximate surface area is 173 Å². The zero-order valence-corrected chi connectivity index (χ0v) is 16.9. The highest BCUT2D eigenvalue weighted by Gasteiger charge is 2.24. The van der Waals surface area contributed by atoms with E-state index < -0.39 is 0 Å². The Hall–Kier alpha value is -2.91. The van der Waals surface area contributed by atoms with Crippen molar-refractivity contribution in [2.24, 2.45) is 11.7 Å². The Bertz CT molecular complexity index is 1010. The molecule has 3 N–H and O–H groups in total. The minimum Gasteiger partial charge on any atom is -0.383 e. The van der Waals surface area contributed by atoms with Crippen LogP contribution in [0.2, 0.25) is 0 Å². The molecule has 0 aromatic heterocycles. The Morgan fingerprint density at radius 1 is 1.00 bits per heavy atom. The number of fused-ring (bicyclic) bond motifs is 5. The van der Waals surface area contributed by atoms with Gasteiger partial charge >= 0.3 is 0 Å². The summed E-state index contributed by atoms with van der Waals surface area (Å²) in [5.41, 5.74) is 16.2. The molecule has 0 radical (unpaired) electrons. The molecule has 0 spiro atoms. The minimum absolute atomic E-state index is 0.120. The maximum absolute atomic E-state index is 10.5. The molecule has 0 saturated heterocycles. The summed E-state index contributed by atoms with van der Waals surface area (Å²) in [5.74, 6) is 0.717. The summed E-state index contributed by atoms with van der Waals surface area (Å²) >= 11 is 0. The number of benzene rings is 2. The Morgan fingerprint density at radius 3 is 2.69 bits per heavy atom. The molecule has 3 aliphatic rings. The minimum atomic E-state index is 0.120. The van der Waals surface area contributed by atoms with Crippen LogP contribution >= 0.6 is 0 Å². The van der Waals surface area contributed by atoms with Gasteiger partial charge in [-0.15, -0.1) is 0 Å². The van der Waals surface area contributed by atoms with Crippen LogP contribution in [0.4, 0.5) is 0 Å². The van der Waals surface area contributed by atoms with Crippen molar-refractivity contribution in [1.82, 2.24) is 5.32 Å². The van der Waals surface area contributed by atoms with E-state index in [0.29, 0.717) is 19.0 Å². The molecule has 2 aliphatic carbocycles. The summed E-state index contributed by atoms with van der Waals surface area (Å²) in [4.78, 5) is 10.5. The largest absolute Gasteiger partial charge is 0.383 e. The average Bonchev–Trinajstić information content (AvgIpc) is 3.00. The lowest BCUT2D eigenvalue weighted by Gasteiger charge is -2.29. The highest BCUT2D eigenvalue weighted by Crippen LogP contribution is 2.40. The second-order valence-electron chi connectivity index (χ2n) is 7.92. The van der Waals surface area contributed by atoms with E-state index in [1.54, 1.807) is 35.6 Å². The Kier molecular flexibility index (Phi) is 5.77. The lowest BCUT2D eigenvalue weighted by molar-refractivity contribution is -0.113. The molecule has 3 nitrogen and oxygen atoms in total. The van der Waals surface area contributed by atoms with Gasteiger partial charge in [0.1, 0.15) is 0 Å². The van der Waals surface area contributed by atoms with Crippen molar-refractivity contribution in [2.75, 3.05) is 13.1 Å². The van der Waals surface area contributed by atoms with E-state index in [2.05, 4.69) is 54.7 Å². The van der Waals surface area contributed by atoms with Gasteiger partial charge in [0.05, 0.1) is 6.54 Å². The molecule has 0 fully saturated rings. The fourth-order valence-electron chi connectivity index (χ4n) is 4.52. The molecule has 0 saturated carbocycles. The third kappa shape index (κ3) is 4.10. The Morgan fingerprint density at radius 2 is 1.83 bits per heavy atom. The average molecular weight is 385 g/mol. The molecule has 3 heteroatoms. The van der Waals surface area contributed by atoms with E-state index in [1.165, 1.54) is 34.2 Å². The second kappa shape index (κ2) is 8.62. The number of ketones is 1. The van der Waals surface area contributed by atoms with Gasteiger partial charge in [-0.05, 0) is 82.5 Å². The third-order valence-corrected chi connectivity index (χ3v) is 5.84. The molecule has 0 amide bonds. The fourth-order valence-corrected chi connectivity index (χ4v) is 4.52. The molecule has 0 bridgehead atoms. The Balaban J connectivity index is 0.000000216. The van der Waals surface area contributed by atoms with Gasteiger partial charge in [0.2, 0.25) is 0 Å². The first-order valence-electron chi connectivity index (χ1n) is 10.4. The SMILES string of the molecule is CC1C=C(CN)c2ccc3c(c2C1)CCc1ccccc1-3.O=C1C=CC=CNC1. The van der Waals surface area contributed by atoms with Crippen molar-refractivity contribution in [3.8, 4) is 11.1 Å². The predicted octanol–water partition coefficient (Wildman–Crippen LogP) is 4.22. The number of hydrogen-bond donors (Lipinski definition) is 2. The van der Waals surface area contributed by atoms with Crippen LogP contribution in [0.1, 0.15) is 29.2 Å². The van der Waals surface area contributed by atoms with Crippen LogP contribution in [0.3, 0.4) is 0 Å². The first-order valence-corrected chi connectivity index (χ1v) is 10.4. The number of hydrogen-bond acceptors (Lipinski definition) is 3. The van der Waals surface area contributed by atoms with Crippen molar-refractivity contribution >= 4 is 11.4 Å². The van der Waals surface area contributed by atoms with E-state index in [1.807, 2.05) is 0 Å². The van der Waals surface area contributed by atoms with Gasteiger partial charge in [0.25, 0.3) is 0 Å². The monoisotopic (exact) mass is 384 g/mol. The van der Waals surface area contributed by atoms with Gasteiger partial charge in [0, 0.05) is 6.54 Å². The van der Waals surface area contributed by atoms with Gasteiger partial charge < -0.3 is 11.1 Å². The number of allylic oxidation sites excluding steroid dienone is 3. The summed E-state index contributed by atoms with van der Waals surface area (Å²) in [5, 5.41) is 2.80. The second-order valence-corrected chi connectivity index (χ2v) is 7.92. The van der Waals surface area contributed by atoms with Gasteiger partial charge in [-0.3, -0.25) is 4.79 Å². The number of carbonyl (C=O) groups is 1. The molecular weight excluding hydrogens is 356 g/mol. The molecule has 1 atom stereocenters. The van der Waals surface area contributed by atoms with E-state index in [4.69, 9.17) is 5.73 Å². The highest BCUT2D eigenvalue weighted by atomic mass is 16.1. The maximum Gasteiger partial charge on any atom is 0.174 e. The molecule has 2 aromatic rings. The lowest BCUT2D eigenvalue weighted by atomic mass is 9.76. The molecule has 1 unspecified atom stereocenters. The molecular formula is C26H28N2O. The normalized spacial score (nSPS) is 18.9. The summed E-state index contributed by atoms with van der Waals surface area (Å²) in [6.07, 6.45) is 12.7. The smallest absolute Gasteiger partial charge is 0.174 e. The molecule has 5 rings (SSSR count). The van der Waals surface area contributed by atoms with E-state index in [0.717, 1.165) is 12.8 Å². The number of nitrogens with one attached hydrogen (secondary N) is 1. The van der Waals surface area contributed by atoms with Crippen LogP contribution in [0, 0.1) is 5.92 Å². The predicted molar refractivity (Wildman–Crippen MR) is 120 cm³/mol. The number of carbonyl (C=O) groups excluding carboxylic acids is 1. The summed E-state index contributed by atoms with van der Waals surface area (Å²) in [6.45, 7) is 3.37. The number of rotatable bonds is 1. The fraction of sp³-hybridized carbons (Fsp3) is 0.269. The van der Waals surface area contributed by atoms with Crippen LogP contribution in [0.25, 0.3) is 16.7 Å². The lowest BCUT2D eigenvalue weighted by Crippen LogP contribution is -2.17.